The average Bonchev–Trinajstić information content (AvgIpc) is 2.47. The molecule has 0 N–H and O–H groups in total. The highest BCUT2D eigenvalue weighted by Gasteiger charge is 2.24. The summed E-state index contributed by atoms with van der Waals surface area (Å²) in [4.78, 5) is 15.7. The number of aromatic nitrogens is 1. The van der Waals surface area contributed by atoms with Crippen molar-refractivity contribution in [3.8, 4) is 0 Å². The zero-order valence-corrected chi connectivity index (χ0v) is 13.3. The molecule has 1 unspecified atom stereocenters. The van der Waals surface area contributed by atoms with Crippen LogP contribution < -0.4 is 0 Å². The van der Waals surface area contributed by atoms with Gasteiger partial charge in [0.1, 0.15) is 5.69 Å². The molecule has 0 spiro atoms. The molecule has 0 amide bonds. The molecule has 0 fully saturated rings. The standard InChI is InChI=1S/C14H22NO4Si/c1-4-18-20(19-5-2)12(3)9-11-17-14(16)13-8-6-7-10-15-13/h6-8,10,12H,4-5,9,11H2,1-3H3. The van der Waals surface area contributed by atoms with E-state index >= 15 is 0 Å². The largest absolute Gasteiger partial charge is 0.461 e. The SMILES string of the molecule is CCO[Si](OCC)C(C)CCOC(=O)c1ccccn1. The Kier molecular flexibility index (Phi) is 8.09. The molecule has 0 aliphatic carbocycles. The van der Waals surface area contributed by atoms with E-state index in [0.717, 1.165) is 6.42 Å². The fourth-order valence-electron chi connectivity index (χ4n) is 1.61. The van der Waals surface area contributed by atoms with Gasteiger partial charge in [-0.05, 0) is 32.4 Å². The number of esters is 1. The van der Waals surface area contributed by atoms with Crippen LogP contribution in [0.4, 0.5) is 0 Å². The topological polar surface area (TPSA) is 57.7 Å². The van der Waals surface area contributed by atoms with Gasteiger partial charge in [-0.2, -0.15) is 0 Å². The van der Waals surface area contributed by atoms with Gasteiger partial charge in [0.25, 0.3) is 0 Å². The van der Waals surface area contributed by atoms with Gasteiger partial charge < -0.3 is 13.6 Å². The van der Waals surface area contributed by atoms with Crippen LogP contribution in [0.5, 0.6) is 0 Å². The summed E-state index contributed by atoms with van der Waals surface area (Å²) in [5.74, 6) is -0.389. The van der Waals surface area contributed by atoms with E-state index in [0.29, 0.717) is 25.5 Å². The lowest BCUT2D eigenvalue weighted by atomic mass is 10.3. The maximum Gasteiger partial charge on any atom is 0.387 e. The van der Waals surface area contributed by atoms with Crippen LogP contribution in [0.1, 0.15) is 37.7 Å². The molecule has 111 valence electrons. The first-order valence-electron chi connectivity index (χ1n) is 6.89. The highest BCUT2D eigenvalue weighted by molar-refractivity contribution is 6.46. The van der Waals surface area contributed by atoms with Crippen LogP contribution in [0.25, 0.3) is 0 Å². The van der Waals surface area contributed by atoms with Crippen LogP contribution in [0.3, 0.4) is 0 Å². The number of carbonyl (C=O) groups excluding carboxylic acids is 1. The van der Waals surface area contributed by atoms with Crippen molar-refractivity contribution in [1.82, 2.24) is 4.98 Å². The summed E-state index contributed by atoms with van der Waals surface area (Å²) in [7, 11) is -1.29. The molecule has 1 rings (SSSR count). The first-order chi connectivity index (χ1) is 9.69. The van der Waals surface area contributed by atoms with Gasteiger partial charge in [0.05, 0.1) is 6.61 Å². The highest BCUT2D eigenvalue weighted by atomic mass is 28.3. The van der Waals surface area contributed by atoms with Crippen molar-refractivity contribution < 1.29 is 18.4 Å². The predicted molar refractivity (Wildman–Crippen MR) is 77.6 cm³/mol. The predicted octanol–water partition coefficient (Wildman–Crippen LogP) is 2.58. The van der Waals surface area contributed by atoms with Gasteiger partial charge in [0.2, 0.25) is 0 Å². The summed E-state index contributed by atoms with van der Waals surface area (Å²) in [6.45, 7) is 7.62. The van der Waals surface area contributed by atoms with Gasteiger partial charge in [0.15, 0.2) is 0 Å². The molecule has 0 saturated heterocycles. The van der Waals surface area contributed by atoms with Crippen LogP contribution >= 0.6 is 0 Å². The van der Waals surface area contributed by atoms with Gasteiger partial charge in [0, 0.05) is 25.0 Å². The summed E-state index contributed by atoms with van der Waals surface area (Å²) < 4.78 is 16.4. The lowest BCUT2D eigenvalue weighted by molar-refractivity contribution is 0.0487. The second-order valence-corrected chi connectivity index (χ2v) is 6.43. The molecule has 1 heterocycles. The maximum absolute atomic E-state index is 11.7. The molecule has 1 atom stereocenters. The number of ether oxygens (including phenoxy) is 1. The lowest BCUT2D eigenvalue weighted by Gasteiger charge is -2.19. The van der Waals surface area contributed by atoms with Gasteiger partial charge in [-0.3, -0.25) is 0 Å². The molecule has 6 heteroatoms. The van der Waals surface area contributed by atoms with Crippen molar-refractivity contribution >= 4 is 15.3 Å². The van der Waals surface area contributed by atoms with Crippen LogP contribution in [0, 0.1) is 0 Å². The molecule has 1 aromatic rings. The molecular formula is C14H22NO4Si. The van der Waals surface area contributed by atoms with Gasteiger partial charge >= 0.3 is 15.3 Å². The van der Waals surface area contributed by atoms with Crippen molar-refractivity contribution in [2.24, 2.45) is 0 Å². The fraction of sp³-hybridized carbons (Fsp3) is 0.571. The third kappa shape index (κ3) is 5.81. The minimum absolute atomic E-state index is 0.261. The molecule has 0 saturated carbocycles. The second kappa shape index (κ2) is 9.63. The summed E-state index contributed by atoms with van der Waals surface area (Å²) in [5.41, 5.74) is 0.594. The molecule has 0 bridgehead atoms. The molecular weight excluding hydrogens is 274 g/mol. The van der Waals surface area contributed by atoms with E-state index in [1.54, 1.807) is 24.4 Å². The third-order valence-corrected chi connectivity index (χ3v) is 4.87. The van der Waals surface area contributed by atoms with E-state index in [9.17, 15) is 4.79 Å². The number of carbonyl (C=O) groups is 1. The van der Waals surface area contributed by atoms with E-state index in [1.807, 2.05) is 13.8 Å². The van der Waals surface area contributed by atoms with Crippen LogP contribution in [-0.2, 0) is 13.6 Å². The summed E-state index contributed by atoms with van der Waals surface area (Å²) in [6, 6.07) is 5.16. The molecule has 5 nitrogen and oxygen atoms in total. The molecule has 1 aromatic heterocycles. The number of hydrogen-bond donors (Lipinski definition) is 0. The highest BCUT2D eigenvalue weighted by Crippen LogP contribution is 2.16. The Hall–Kier alpha value is -1.24. The van der Waals surface area contributed by atoms with Gasteiger partial charge in [-0.25, -0.2) is 9.78 Å². The summed E-state index contributed by atoms with van der Waals surface area (Å²) >= 11 is 0. The van der Waals surface area contributed by atoms with Crippen molar-refractivity contribution in [3.05, 3.63) is 30.1 Å². The second-order valence-electron chi connectivity index (χ2n) is 4.23. The summed E-state index contributed by atoms with van der Waals surface area (Å²) in [6.07, 6.45) is 2.30. The van der Waals surface area contributed by atoms with Crippen molar-refractivity contribution in [2.45, 2.75) is 32.7 Å². The van der Waals surface area contributed by atoms with Crippen LogP contribution in [-0.4, -0.2) is 40.1 Å². The number of nitrogens with zero attached hydrogens (tertiary/aromatic N) is 1. The van der Waals surface area contributed by atoms with E-state index < -0.39 is 9.28 Å². The average molecular weight is 296 g/mol. The zero-order valence-electron chi connectivity index (χ0n) is 12.3. The Balaban J connectivity index is 2.33. The Morgan fingerprint density at radius 3 is 2.55 bits per heavy atom. The van der Waals surface area contributed by atoms with Gasteiger partial charge in [-0.1, -0.05) is 13.0 Å². The normalized spacial score (nSPS) is 12.4. The number of rotatable bonds is 9. The van der Waals surface area contributed by atoms with E-state index in [2.05, 4.69) is 11.9 Å². The summed E-state index contributed by atoms with van der Waals surface area (Å²) in [5, 5.41) is 0. The van der Waals surface area contributed by atoms with Crippen LogP contribution in [0.15, 0.2) is 24.4 Å². The first-order valence-corrected chi connectivity index (χ1v) is 8.29. The number of hydrogen-bond acceptors (Lipinski definition) is 5. The minimum Gasteiger partial charge on any atom is -0.461 e. The zero-order chi connectivity index (χ0) is 14.8. The first kappa shape index (κ1) is 16.8. The molecule has 1 radical (unpaired) electrons. The lowest BCUT2D eigenvalue weighted by Crippen LogP contribution is -2.28. The fourth-order valence-corrected chi connectivity index (χ4v) is 3.19. The van der Waals surface area contributed by atoms with E-state index in [1.165, 1.54) is 0 Å². The molecule has 20 heavy (non-hydrogen) atoms. The molecule has 0 aliphatic rings. The van der Waals surface area contributed by atoms with Gasteiger partial charge in [-0.15, -0.1) is 0 Å². The Bertz CT molecular complexity index is 382. The van der Waals surface area contributed by atoms with Crippen LogP contribution in [0.2, 0.25) is 5.54 Å². The van der Waals surface area contributed by atoms with E-state index in [-0.39, 0.29) is 11.5 Å². The smallest absolute Gasteiger partial charge is 0.387 e. The third-order valence-electron chi connectivity index (χ3n) is 2.63. The van der Waals surface area contributed by atoms with Crippen molar-refractivity contribution in [3.63, 3.8) is 0 Å². The Morgan fingerprint density at radius 1 is 1.30 bits per heavy atom. The van der Waals surface area contributed by atoms with Crippen molar-refractivity contribution in [2.75, 3.05) is 19.8 Å². The van der Waals surface area contributed by atoms with E-state index in [4.69, 9.17) is 13.6 Å². The Labute approximate surface area is 122 Å². The molecule has 0 aliphatic heterocycles. The molecule has 0 aromatic carbocycles. The number of pyridine rings is 1. The quantitative estimate of drug-likeness (QED) is 0.518. The maximum atomic E-state index is 11.7. The van der Waals surface area contributed by atoms with Crippen molar-refractivity contribution in [1.29, 1.82) is 0 Å². The minimum atomic E-state index is -1.29. The monoisotopic (exact) mass is 296 g/mol. The Morgan fingerprint density at radius 2 is 2.00 bits per heavy atom.